The molecule has 0 radical (unpaired) electrons. The molecule has 3 nitrogen and oxygen atoms in total. The van der Waals surface area contributed by atoms with Crippen LogP contribution in [0.15, 0.2) is 48.5 Å². The highest BCUT2D eigenvalue weighted by Crippen LogP contribution is 2.63. The summed E-state index contributed by atoms with van der Waals surface area (Å²) in [6, 6.07) is 16.6. The lowest BCUT2D eigenvalue weighted by Crippen LogP contribution is -2.51. The highest BCUT2D eigenvalue weighted by molar-refractivity contribution is 6.08. The van der Waals surface area contributed by atoms with Gasteiger partial charge in [-0.3, -0.25) is 14.5 Å². The lowest BCUT2D eigenvalue weighted by atomic mass is 9.48. The van der Waals surface area contributed by atoms with Gasteiger partial charge in [0.05, 0.1) is 11.8 Å². The van der Waals surface area contributed by atoms with Crippen molar-refractivity contribution in [1.82, 2.24) is 4.90 Å². The van der Waals surface area contributed by atoms with Gasteiger partial charge in [0.15, 0.2) is 0 Å². The summed E-state index contributed by atoms with van der Waals surface area (Å²) < 4.78 is 0. The van der Waals surface area contributed by atoms with E-state index < -0.39 is 5.41 Å². The molecule has 2 aromatic rings. The standard InChI is InChI=1S/C20H17NO2/c1-20-13-9-5-3-7-11(13)15(12-8-4-6-10-14(12)20)16-17(20)19(23)21(2)18(16)22/h3-10,15-17H,1-2H3/t15?,16-,17-,20?/m1/s1. The van der Waals surface area contributed by atoms with Crippen LogP contribution in [0.1, 0.15) is 35.1 Å². The molecular formula is C20H17NO2. The SMILES string of the molecule is CN1C(=O)[C@@H]2C3c4ccccc4C(C)(c4ccccc43)[C@H]2C1=O. The van der Waals surface area contributed by atoms with Crippen molar-refractivity contribution in [2.45, 2.75) is 18.3 Å². The molecule has 0 aromatic heterocycles. The maximum Gasteiger partial charge on any atom is 0.234 e. The number of amides is 2. The highest BCUT2D eigenvalue weighted by Gasteiger charge is 2.65. The number of imide groups is 1. The fourth-order valence-corrected chi connectivity index (χ4v) is 5.30. The molecule has 0 saturated carbocycles. The second-order valence-electron chi connectivity index (χ2n) is 7.09. The van der Waals surface area contributed by atoms with Gasteiger partial charge in [0.2, 0.25) is 11.8 Å². The molecule has 2 amide bonds. The van der Waals surface area contributed by atoms with Crippen LogP contribution in [0.3, 0.4) is 0 Å². The van der Waals surface area contributed by atoms with Gasteiger partial charge in [-0.1, -0.05) is 55.5 Å². The van der Waals surface area contributed by atoms with Crippen molar-refractivity contribution < 1.29 is 9.59 Å². The molecular weight excluding hydrogens is 286 g/mol. The van der Waals surface area contributed by atoms with Crippen LogP contribution in [0.25, 0.3) is 0 Å². The molecule has 4 aliphatic rings. The number of rotatable bonds is 0. The van der Waals surface area contributed by atoms with E-state index in [1.165, 1.54) is 27.2 Å². The lowest BCUT2D eigenvalue weighted by molar-refractivity contribution is -0.138. The molecule has 0 spiro atoms. The molecule has 6 rings (SSSR count). The first kappa shape index (κ1) is 13.1. The van der Waals surface area contributed by atoms with Gasteiger partial charge in [-0.05, 0) is 22.3 Å². The Kier molecular flexibility index (Phi) is 2.22. The van der Waals surface area contributed by atoms with Crippen LogP contribution in [0.2, 0.25) is 0 Å². The predicted octanol–water partition coefficient (Wildman–Crippen LogP) is 2.68. The van der Waals surface area contributed by atoms with Gasteiger partial charge in [0.1, 0.15) is 0 Å². The van der Waals surface area contributed by atoms with E-state index in [4.69, 9.17) is 0 Å². The average Bonchev–Trinajstić information content (AvgIpc) is 2.81. The Morgan fingerprint density at radius 3 is 1.96 bits per heavy atom. The van der Waals surface area contributed by atoms with Crippen LogP contribution in [0.5, 0.6) is 0 Å². The van der Waals surface area contributed by atoms with Crippen molar-refractivity contribution in [3.05, 3.63) is 70.8 Å². The second kappa shape index (κ2) is 3.91. The zero-order chi connectivity index (χ0) is 15.9. The van der Waals surface area contributed by atoms with Gasteiger partial charge in [0.25, 0.3) is 0 Å². The van der Waals surface area contributed by atoms with Crippen LogP contribution in [0, 0.1) is 11.8 Å². The van der Waals surface area contributed by atoms with Gasteiger partial charge in [0, 0.05) is 18.4 Å². The predicted molar refractivity (Wildman–Crippen MR) is 85.9 cm³/mol. The van der Waals surface area contributed by atoms with E-state index in [0.717, 1.165) is 0 Å². The first-order valence-electron chi connectivity index (χ1n) is 8.07. The third-order valence-corrected chi connectivity index (χ3v) is 6.26. The average molecular weight is 303 g/mol. The third kappa shape index (κ3) is 1.25. The number of likely N-dealkylation sites (tertiary alicyclic amines) is 1. The first-order chi connectivity index (χ1) is 11.1. The van der Waals surface area contributed by atoms with Crippen LogP contribution in [-0.2, 0) is 15.0 Å². The van der Waals surface area contributed by atoms with Gasteiger partial charge >= 0.3 is 0 Å². The van der Waals surface area contributed by atoms with Gasteiger partial charge in [-0.15, -0.1) is 0 Å². The number of hydrogen-bond donors (Lipinski definition) is 0. The Balaban J connectivity index is 1.92. The highest BCUT2D eigenvalue weighted by atomic mass is 16.2. The smallest absolute Gasteiger partial charge is 0.234 e. The minimum absolute atomic E-state index is 0.00405. The van der Waals surface area contributed by atoms with E-state index in [-0.39, 0.29) is 29.6 Å². The summed E-state index contributed by atoms with van der Waals surface area (Å²) in [5.41, 5.74) is 4.42. The molecule has 114 valence electrons. The van der Waals surface area contributed by atoms with Crippen molar-refractivity contribution in [3.63, 3.8) is 0 Å². The monoisotopic (exact) mass is 303 g/mol. The van der Waals surface area contributed by atoms with Crippen molar-refractivity contribution in [2.75, 3.05) is 7.05 Å². The summed E-state index contributed by atoms with van der Waals surface area (Å²) >= 11 is 0. The Morgan fingerprint density at radius 1 is 0.870 bits per heavy atom. The molecule has 1 aliphatic heterocycles. The number of carbonyl (C=O) groups excluding carboxylic acids is 2. The Morgan fingerprint density at radius 2 is 1.39 bits per heavy atom. The van der Waals surface area contributed by atoms with E-state index in [2.05, 4.69) is 31.2 Å². The molecule has 1 saturated heterocycles. The minimum Gasteiger partial charge on any atom is -0.285 e. The molecule has 2 aromatic carbocycles. The maximum atomic E-state index is 12.9. The number of benzene rings is 2. The van der Waals surface area contributed by atoms with E-state index in [9.17, 15) is 9.59 Å². The molecule has 1 fully saturated rings. The number of hydrogen-bond acceptors (Lipinski definition) is 2. The normalized spacial score (nSPS) is 33.5. The van der Waals surface area contributed by atoms with E-state index in [1.807, 2.05) is 24.3 Å². The zero-order valence-electron chi connectivity index (χ0n) is 13.1. The number of carbonyl (C=O) groups is 2. The second-order valence-corrected chi connectivity index (χ2v) is 7.09. The van der Waals surface area contributed by atoms with Crippen molar-refractivity contribution in [2.24, 2.45) is 11.8 Å². The number of nitrogens with zero attached hydrogens (tertiary/aromatic N) is 1. The molecule has 0 N–H and O–H groups in total. The molecule has 3 aliphatic carbocycles. The summed E-state index contributed by atoms with van der Waals surface area (Å²) in [5.74, 6) is -0.607. The van der Waals surface area contributed by atoms with Crippen LogP contribution >= 0.6 is 0 Å². The largest absolute Gasteiger partial charge is 0.285 e. The third-order valence-electron chi connectivity index (χ3n) is 6.26. The van der Waals surface area contributed by atoms with Crippen molar-refractivity contribution >= 4 is 11.8 Å². The lowest BCUT2D eigenvalue weighted by Gasteiger charge is -2.52. The zero-order valence-corrected chi connectivity index (χ0v) is 13.1. The Bertz CT molecular complexity index is 837. The first-order valence-corrected chi connectivity index (χ1v) is 8.07. The molecule has 3 heteroatoms. The maximum absolute atomic E-state index is 12.9. The minimum atomic E-state index is -0.426. The summed E-state index contributed by atoms with van der Waals surface area (Å²) in [5, 5.41) is 0. The summed E-state index contributed by atoms with van der Waals surface area (Å²) in [4.78, 5) is 27.0. The van der Waals surface area contributed by atoms with E-state index in [1.54, 1.807) is 7.05 Å². The van der Waals surface area contributed by atoms with Gasteiger partial charge < -0.3 is 0 Å². The van der Waals surface area contributed by atoms with Crippen molar-refractivity contribution in [3.8, 4) is 0 Å². The van der Waals surface area contributed by atoms with Gasteiger partial charge in [-0.25, -0.2) is 0 Å². The quantitative estimate of drug-likeness (QED) is 0.702. The topological polar surface area (TPSA) is 37.4 Å². The fraction of sp³-hybridized carbons (Fsp3) is 0.300. The molecule has 2 atom stereocenters. The Hall–Kier alpha value is -2.42. The molecule has 23 heavy (non-hydrogen) atoms. The summed E-state index contributed by atoms with van der Waals surface area (Å²) in [6.07, 6.45) is 0. The Labute approximate surface area is 134 Å². The van der Waals surface area contributed by atoms with E-state index in [0.29, 0.717) is 0 Å². The van der Waals surface area contributed by atoms with Gasteiger partial charge in [-0.2, -0.15) is 0 Å². The summed E-state index contributed by atoms with van der Waals surface area (Å²) in [7, 11) is 1.63. The van der Waals surface area contributed by atoms with Crippen LogP contribution < -0.4 is 0 Å². The fourth-order valence-electron chi connectivity index (χ4n) is 5.30. The van der Waals surface area contributed by atoms with Crippen molar-refractivity contribution in [1.29, 1.82) is 0 Å². The molecule has 0 unspecified atom stereocenters. The van der Waals surface area contributed by atoms with Crippen LogP contribution in [0.4, 0.5) is 0 Å². The van der Waals surface area contributed by atoms with Crippen LogP contribution in [-0.4, -0.2) is 23.8 Å². The molecule has 2 bridgehead atoms. The van der Waals surface area contributed by atoms with E-state index >= 15 is 0 Å². The molecule has 1 heterocycles. The summed E-state index contributed by atoms with van der Waals surface area (Å²) in [6.45, 7) is 2.14.